The summed E-state index contributed by atoms with van der Waals surface area (Å²) in [5.74, 6) is 1.44. The number of hydrogen-bond donors (Lipinski definition) is 3. The maximum absolute atomic E-state index is 10.3. The van der Waals surface area contributed by atoms with Crippen LogP contribution < -0.4 is 10.6 Å². The second-order valence-electron chi connectivity index (χ2n) is 5.04. The molecule has 0 bridgehead atoms. The van der Waals surface area contributed by atoms with E-state index in [2.05, 4.69) is 20.6 Å². The minimum Gasteiger partial charge on any atom is -0.388 e. The Morgan fingerprint density at radius 1 is 1.33 bits per heavy atom. The number of anilines is 2. The van der Waals surface area contributed by atoms with E-state index in [0.29, 0.717) is 12.5 Å². The highest BCUT2D eigenvalue weighted by Gasteiger charge is 2.30. The van der Waals surface area contributed by atoms with Crippen molar-refractivity contribution >= 4 is 11.8 Å². The minimum atomic E-state index is -0.560. The Morgan fingerprint density at radius 3 is 2.72 bits per heavy atom. The maximum Gasteiger partial charge on any atom is 0.224 e. The number of aliphatic hydroxyl groups is 1. The highest BCUT2D eigenvalue weighted by atomic mass is 16.3. The summed E-state index contributed by atoms with van der Waals surface area (Å²) in [5, 5.41) is 16.6. The van der Waals surface area contributed by atoms with Crippen LogP contribution in [0.2, 0.25) is 0 Å². The molecule has 3 N–H and O–H groups in total. The van der Waals surface area contributed by atoms with Crippen LogP contribution in [0, 0.1) is 6.92 Å². The summed E-state index contributed by atoms with van der Waals surface area (Å²) in [5.41, 5.74) is 0.439. The van der Waals surface area contributed by atoms with Crippen LogP contribution >= 0.6 is 0 Å². The molecule has 5 nitrogen and oxygen atoms in total. The van der Waals surface area contributed by atoms with Crippen molar-refractivity contribution in [1.82, 2.24) is 9.97 Å². The van der Waals surface area contributed by atoms with Gasteiger partial charge in [0.05, 0.1) is 5.60 Å². The van der Waals surface area contributed by atoms with Crippen LogP contribution in [0.4, 0.5) is 11.8 Å². The molecule has 1 aromatic heterocycles. The van der Waals surface area contributed by atoms with E-state index in [1.54, 1.807) is 6.20 Å². The van der Waals surface area contributed by atoms with Gasteiger partial charge in [-0.05, 0) is 26.7 Å². The van der Waals surface area contributed by atoms with Crippen molar-refractivity contribution in [3.8, 4) is 0 Å². The number of rotatable bonds is 5. The van der Waals surface area contributed by atoms with Crippen molar-refractivity contribution in [2.45, 2.75) is 45.1 Å². The molecule has 0 radical (unpaired) electrons. The fourth-order valence-corrected chi connectivity index (χ4v) is 2.32. The zero-order chi connectivity index (χ0) is 13.0. The Bertz CT molecular complexity index is 402. The molecule has 0 aliphatic heterocycles. The average molecular weight is 250 g/mol. The summed E-state index contributed by atoms with van der Waals surface area (Å²) in [6, 6.07) is 0. The zero-order valence-corrected chi connectivity index (χ0v) is 11.2. The third-order valence-corrected chi connectivity index (χ3v) is 3.43. The Morgan fingerprint density at radius 2 is 2.06 bits per heavy atom. The van der Waals surface area contributed by atoms with Gasteiger partial charge < -0.3 is 15.7 Å². The van der Waals surface area contributed by atoms with Gasteiger partial charge in [0.1, 0.15) is 5.82 Å². The number of nitrogens with one attached hydrogen (secondary N) is 2. The van der Waals surface area contributed by atoms with E-state index in [1.165, 1.54) is 0 Å². The predicted molar refractivity (Wildman–Crippen MR) is 72.8 cm³/mol. The van der Waals surface area contributed by atoms with Crippen LogP contribution in [-0.2, 0) is 0 Å². The lowest BCUT2D eigenvalue weighted by Crippen LogP contribution is -2.33. The van der Waals surface area contributed by atoms with Crippen molar-refractivity contribution in [1.29, 1.82) is 0 Å². The van der Waals surface area contributed by atoms with E-state index < -0.39 is 5.60 Å². The molecule has 0 amide bonds. The Balaban J connectivity index is 2.01. The van der Waals surface area contributed by atoms with E-state index in [-0.39, 0.29) is 0 Å². The Labute approximate surface area is 108 Å². The molecule has 1 saturated carbocycles. The van der Waals surface area contributed by atoms with Gasteiger partial charge >= 0.3 is 0 Å². The Kier molecular flexibility index (Phi) is 4.01. The molecular formula is C13H22N4O. The molecule has 1 heterocycles. The SMILES string of the molecule is CCNc1ncc(C)c(NCC2(O)CCCC2)n1. The van der Waals surface area contributed by atoms with Crippen molar-refractivity contribution in [3.63, 3.8) is 0 Å². The number of aryl methyl sites for hydroxylation is 1. The molecule has 18 heavy (non-hydrogen) atoms. The lowest BCUT2D eigenvalue weighted by Gasteiger charge is -2.23. The molecule has 1 aliphatic rings. The van der Waals surface area contributed by atoms with Crippen LogP contribution in [0.3, 0.4) is 0 Å². The molecule has 2 rings (SSSR count). The van der Waals surface area contributed by atoms with Crippen LogP contribution in [0.25, 0.3) is 0 Å². The smallest absolute Gasteiger partial charge is 0.224 e. The van der Waals surface area contributed by atoms with Crippen molar-refractivity contribution < 1.29 is 5.11 Å². The summed E-state index contributed by atoms with van der Waals surface area (Å²) in [7, 11) is 0. The van der Waals surface area contributed by atoms with Crippen LogP contribution in [0.15, 0.2) is 6.20 Å². The van der Waals surface area contributed by atoms with Gasteiger partial charge in [-0.15, -0.1) is 0 Å². The predicted octanol–water partition coefficient (Wildman–Crippen LogP) is 1.93. The molecule has 0 atom stereocenters. The molecule has 100 valence electrons. The first-order valence-electron chi connectivity index (χ1n) is 6.67. The molecule has 0 unspecified atom stereocenters. The minimum absolute atomic E-state index is 0.560. The van der Waals surface area contributed by atoms with E-state index in [1.807, 2.05) is 13.8 Å². The largest absolute Gasteiger partial charge is 0.388 e. The van der Waals surface area contributed by atoms with Gasteiger partial charge in [-0.2, -0.15) is 4.98 Å². The summed E-state index contributed by atoms with van der Waals surface area (Å²) in [6.07, 6.45) is 5.79. The first kappa shape index (κ1) is 13.1. The highest BCUT2D eigenvalue weighted by molar-refractivity contribution is 5.46. The highest BCUT2D eigenvalue weighted by Crippen LogP contribution is 2.29. The van der Waals surface area contributed by atoms with Crippen LogP contribution in [0.1, 0.15) is 38.2 Å². The molecule has 1 fully saturated rings. The lowest BCUT2D eigenvalue weighted by atomic mass is 10.0. The van der Waals surface area contributed by atoms with Crippen molar-refractivity contribution in [3.05, 3.63) is 11.8 Å². The summed E-state index contributed by atoms with van der Waals surface area (Å²) < 4.78 is 0. The third-order valence-electron chi connectivity index (χ3n) is 3.43. The summed E-state index contributed by atoms with van der Waals surface area (Å²) >= 11 is 0. The molecule has 0 spiro atoms. The first-order chi connectivity index (χ1) is 8.63. The van der Waals surface area contributed by atoms with E-state index in [9.17, 15) is 5.11 Å². The zero-order valence-electron chi connectivity index (χ0n) is 11.2. The van der Waals surface area contributed by atoms with Crippen LogP contribution in [-0.4, -0.2) is 33.8 Å². The molecule has 1 aliphatic carbocycles. The van der Waals surface area contributed by atoms with Gasteiger partial charge in [0.2, 0.25) is 5.95 Å². The normalized spacial score (nSPS) is 17.7. The van der Waals surface area contributed by atoms with Gasteiger partial charge in [-0.1, -0.05) is 12.8 Å². The van der Waals surface area contributed by atoms with Crippen molar-refractivity contribution in [2.24, 2.45) is 0 Å². The maximum atomic E-state index is 10.3. The number of hydrogen-bond acceptors (Lipinski definition) is 5. The van der Waals surface area contributed by atoms with Gasteiger partial charge in [-0.3, -0.25) is 0 Å². The molecular weight excluding hydrogens is 228 g/mol. The van der Waals surface area contributed by atoms with Gasteiger partial charge in [0, 0.05) is 24.8 Å². The topological polar surface area (TPSA) is 70.1 Å². The standard InChI is InChI=1S/C13H22N4O/c1-3-14-12-15-8-10(2)11(17-12)16-9-13(18)6-4-5-7-13/h8,18H,3-7,9H2,1-2H3,(H2,14,15,16,17). The second-order valence-corrected chi connectivity index (χ2v) is 5.04. The quantitative estimate of drug-likeness (QED) is 0.745. The summed E-state index contributed by atoms with van der Waals surface area (Å²) in [6.45, 7) is 5.34. The molecule has 0 saturated heterocycles. The van der Waals surface area contributed by atoms with E-state index >= 15 is 0 Å². The number of nitrogens with zero attached hydrogens (tertiary/aromatic N) is 2. The number of aromatic nitrogens is 2. The first-order valence-corrected chi connectivity index (χ1v) is 6.67. The lowest BCUT2D eigenvalue weighted by molar-refractivity contribution is 0.0614. The van der Waals surface area contributed by atoms with Gasteiger partial charge in [0.25, 0.3) is 0 Å². The fourth-order valence-electron chi connectivity index (χ4n) is 2.32. The fraction of sp³-hybridized carbons (Fsp3) is 0.692. The monoisotopic (exact) mass is 250 g/mol. The molecule has 5 heteroatoms. The van der Waals surface area contributed by atoms with Crippen molar-refractivity contribution in [2.75, 3.05) is 23.7 Å². The van der Waals surface area contributed by atoms with E-state index in [4.69, 9.17) is 0 Å². The molecule has 0 aromatic carbocycles. The second kappa shape index (κ2) is 5.52. The third kappa shape index (κ3) is 3.10. The summed E-state index contributed by atoms with van der Waals surface area (Å²) in [4.78, 5) is 8.61. The molecule has 1 aromatic rings. The van der Waals surface area contributed by atoms with Crippen LogP contribution in [0.5, 0.6) is 0 Å². The van der Waals surface area contributed by atoms with Gasteiger partial charge in [-0.25, -0.2) is 4.98 Å². The van der Waals surface area contributed by atoms with Gasteiger partial charge in [0.15, 0.2) is 0 Å². The average Bonchev–Trinajstić information content (AvgIpc) is 2.78. The Hall–Kier alpha value is -1.36. The van der Waals surface area contributed by atoms with E-state index in [0.717, 1.165) is 43.6 Å².